The predicted octanol–water partition coefficient (Wildman–Crippen LogP) is 2.22. The Morgan fingerprint density at radius 3 is 3.00 bits per heavy atom. The van der Waals surface area contributed by atoms with Crippen molar-refractivity contribution in [3.8, 4) is 0 Å². The minimum absolute atomic E-state index is 0.165. The van der Waals surface area contributed by atoms with Crippen molar-refractivity contribution in [2.45, 2.75) is 26.8 Å². The summed E-state index contributed by atoms with van der Waals surface area (Å²) in [6.45, 7) is 6.35. The van der Waals surface area contributed by atoms with Gasteiger partial charge in [-0.25, -0.2) is 4.79 Å². The molecule has 88 valence electrons. The Kier molecular flexibility index (Phi) is 3.30. The maximum Gasteiger partial charge on any atom is 0.348 e. The highest BCUT2D eigenvalue weighted by molar-refractivity contribution is 7.14. The third-order valence-electron chi connectivity index (χ3n) is 2.96. The summed E-state index contributed by atoms with van der Waals surface area (Å²) in [5.74, 6) is -0.165. The first-order chi connectivity index (χ1) is 7.63. The van der Waals surface area contributed by atoms with Gasteiger partial charge in [-0.2, -0.15) is 0 Å². The molecule has 0 N–H and O–H groups in total. The van der Waals surface area contributed by atoms with Crippen LogP contribution in [0.25, 0.3) is 0 Å². The van der Waals surface area contributed by atoms with Crippen LogP contribution in [-0.2, 0) is 17.7 Å². The van der Waals surface area contributed by atoms with Crippen molar-refractivity contribution >= 4 is 17.3 Å². The highest BCUT2D eigenvalue weighted by Gasteiger charge is 2.24. The van der Waals surface area contributed by atoms with E-state index in [1.165, 1.54) is 10.4 Å². The second kappa shape index (κ2) is 4.55. The zero-order valence-electron chi connectivity index (χ0n) is 10.0. The number of likely N-dealkylation sites (N-methyl/N-ethyl adjacent to an activating group) is 1. The smallest absolute Gasteiger partial charge is 0.348 e. The fourth-order valence-corrected chi connectivity index (χ4v) is 3.25. The Hall–Kier alpha value is -0.870. The second-order valence-electron chi connectivity index (χ2n) is 4.17. The number of carbonyl (C=O) groups is 1. The fourth-order valence-electron chi connectivity index (χ4n) is 2.05. The van der Waals surface area contributed by atoms with Crippen LogP contribution in [0, 0.1) is 6.92 Å². The predicted molar refractivity (Wildman–Crippen MR) is 65.1 cm³/mol. The van der Waals surface area contributed by atoms with Gasteiger partial charge in [0.2, 0.25) is 0 Å². The molecule has 16 heavy (non-hydrogen) atoms. The number of rotatable bonds is 2. The third-order valence-corrected chi connectivity index (χ3v) is 4.34. The molecule has 1 aliphatic rings. The van der Waals surface area contributed by atoms with Gasteiger partial charge in [0.1, 0.15) is 4.88 Å². The van der Waals surface area contributed by atoms with Crippen molar-refractivity contribution in [2.24, 2.45) is 0 Å². The number of nitrogens with zero attached hydrogens (tertiary/aromatic N) is 1. The molecular weight excluding hydrogens is 222 g/mol. The van der Waals surface area contributed by atoms with Crippen LogP contribution in [0.4, 0.5) is 0 Å². The quantitative estimate of drug-likeness (QED) is 0.741. The van der Waals surface area contributed by atoms with E-state index in [-0.39, 0.29) is 5.97 Å². The number of esters is 1. The summed E-state index contributed by atoms with van der Waals surface area (Å²) in [4.78, 5) is 16.2. The summed E-state index contributed by atoms with van der Waals surface area (Å²) in [6, 6.07) is 0. The van der Waals surface area contributed by atoms with E-state index < -0.39 is 0 Å². The first kappa shape index (κ1) is 11.6. The zero-order chi connectivity index (χ0) is 11.7. The summed E-state index contributed by atoms with van der Waals surface area (Å²) < 4.78 is 5.07. The molecule has 0 fully saturated rings. The SMILES string of the molecule is CCOC(=O)c1sc2c(c1C)CN(C)CC2. The highest BCUT2D eigenvalue weighted by atomic mass is 32.1. The monoisotopic (exact) mass is 239 g/mol. The molecule has 0 bridgehead atoms. The van der Waals surface area contributed by atoms with Crippen molar-refractivity contribution in [1.29, 1.82) is 0 Å². The standard InChI is InChI=1S/C12H17NO2S/c1-4-15-12(14)11-8(2)9-7-13(3)6-5-10(9)16-11/h4-7H2,1-3H3. The average Bonchev–Trinajstić information content (AvgIpc) is 2.57. The molecule has 0 radical (unpaired) electrons. The number of thiophene rings is 1. The van der Waals surface area contributed by atoms with Gasteiger partial charge in [0.25, 0.3) is 0 Å². The summed E-state index contributed by atoms with van der Waals surface area (Å²) in [7, 11) is 2.12. The number of fused-ring (bicyclic) bond motifs is 1. The molecule has 1 aromatic rings. The van der Waals surface area contributed by atoms with Crippen molar-refractivity contribution in [1.82, 2.24) is 4.90 Å². The normalized spacial score (nSPS) is 15.9. The van der Waals surface area contributed by atoms with Crippen molar-refractivity contribution in [3.63, 3.8) is 0 Å². The van der Waals surface area contributed by atoms with Crippen LogP contribution >= 0.6 is 11.3 Å². The summed E-state index contributed by atoms with van der Waals surface area (Å²) in [6.07, 6.45) is 1.05. The molecular formula is C12H17NO2S. The molecule has 0 aromatic carbocycles. The molecule has 0 spiro atoms. The lowest BCUT2D eigenvalue weighted by molar-refractivity contribution is 0.0531. The molecule has 0 amide bonds. The van der Waals surface area contributed by atoms with Gasteiger partial charge in [-0.15, -0.1) is 11.3 Å². The molecule has 4 heteroatoms. The second-order valence-corrected chi connectivity index (χ2v) is 5.27. The minimum atomic E-state index is -0.165. The topological polar surface area (TPSA) is 29.5 Å². The van der Waals surface area contributed by atoms with Crippen molar-refractivity contribution in [2.75, 3.05) is 20.2 Å². The first-order valence-corrected chi connectivity index (χ1v) is 6.42. The molecule has 0 atom stereocenters. The molecule has 1 aromatic heterocycles. The van der Waals surface area contributed by atoms with E-state index >= 15 is 0 Å². The van der Waals surface area contributed by atoms with Crippen LogP contribution in [0.3, 0.4) is 0 Å². The van der Waals surface area contributed by atoms with E-state index in [0.29, 0.717) is 6.61 Å². The minimum Gasteiger partial charge on any atom is -0.462 e. The molecule has 1 aliphatic heterocycles. The highest BCUT2D eigenvalue weighted by Crippen LogP contribution is 2.32. The Morgan fingerprint density at radius 1 is 1.56 bits per heavy atom. The number of carbonyl (C=O) groups excluding carboxylic acids is 1. The Labute approximate surface area is 100 Å². The zero-order valence-corrected chi connectivity index (χ0v) is 10.8. The molecule has 0 unspecified atom stereocenters. The average molecular weight is 239 g/mol. The van der Waals surface area contributed by atoms with Crippen molar-refractivity contribution < 1.29 is 9.53 Å². The van der Waals surface area contributed by atoms with Crippen LogP contribution < -0.4 is 0 Å². The van der Waals surface area contributed by atoms with Gasteiger partial charge in [-0.05, 0) is 38.4 Å². The molecule has 3 nitrogen and oxygen atoms in total. The van der Waals surface area contributed by atoms with Gasteiger partial charge < -0.3 is 9.64 Å². The van der Waals surface area contributed by atoms with Crippen molar-refractivity contribution in [3.05, 3.63) is 20.9 Å². The van der Waals surface area contributed by atoms with E-state index in [9.17, 15) is 4.79 Å². The van der Waals surface area contributed by atoms with Gasteiger partial charge >= 0.3 is 5.97 Å². The van der Waals surface area contributed by atoms with E-state index in [4.69, 9.17) is 4.74 Å². The lowest BCUT2D eigenvalue weighted by Crippen LogP contribution is -2.25. The van der Waals surface area contributed by atoms with E-state index in [0.717, 1.165) is 30.0 Å². The van der Waals surface area contributed by atoms with E-state index in [1.54, 1.807) is 11.3 Å². The maximum absolute atomic E-state index is 11.7. The summed E-state index contributed by atoms with van der Waals surface area (Å²) in [5.41, 5.74) is 2.45. The van der Waals surface area contributed by atoms with Gasteiger partial charge in [0.15, 0.2) is 0 Å². The Morgan fingerprint density at radius 2 is 2.31 bits per heavy atom. The number of hydrogen-bond acceptors (Lipinski definition) is 4. The molecule has 0 saturated heterocycles. The molecule has 0 saturated carbocycles. The maximum atomic E-state index is 11.7. The van der Waals surface area contributed by atoms with Gasteiger partial charge in [0, 0.05) is 18.0 Å². The summed E-state index contributed by atoms with van der Waals surface area (Å²) >= 11 is 1.61. The van der Waals surface area contributed by atoms with E-state index in [1.807, 2.05) is 13.8 Å². The molecule has 2 rings (SSSR count). The Bertz CT molecular complexity index is 411. The molecule has 2 heterocycles. The number of hydrogen-bond donors (Lipinski definition) is 0. The van der Waals surface area contributed by atoms with Gasteiger partial charge in [-0.1, -0.05) is 0 Å². The van der Waals surface area contributed by atoms with Gasteiger partial charge in [-0.3, -0.25) is 0 Å². The molecule has 0 aliphatic carbocycles. The lowest BCUT2D eigenvalue weighted by atomic mass is 10.0. The summed E-state index contributed by atoms with van der Waals surface area (Å²) in [5, 5.41) is 0. The van der Waals surface area contributed by atoms with Crippen LogP contribution in [0.1, 0.15) is 32.6 Å². The van der Waals surface area contributed by atoms with Crippen LogP contribution in [-0.4, -0.2) is 31.1 Å². The lowest BCUT2D eigenvalue weighted by Gasteiger charge is -2.22. The van der Waals surface area contributed by atoms with Crippen LogP contribution in [0.5, 0.6) is 0 Å². The number of ether oxygens (including phenoxy) is 1. The fraction of sp³-hybridized carbons (Fsp3) is 0.583. The third kappa shape index (κ3) is 1.99. The van der Waals surface area contributed by atoms with Crippen LogP contribution in [0.2, 0.25) is 0 Å². The van der Waals surface area contributed by atoms with E-state index in [2.05, 4.69) is 11.9 Å². The van der Waals surface area contributed by atoms with Crippen LogP contribution in [0.15, 0.2) is 0 Å². The van der Waals surface area contributed by atoms with Gasteiger partial charge in [0.05, 0.1) is 6.61 Å². The largest absolute Gasteiger partial charge is 0.462 e. The first-order valence-electron chi connectivity index (χ1n) is 5.60. The Balaban J connectivity index is 2.32.